The van der Waals surface area contributed by atoms with Crippen molar-refractivity contribution in [3.8, 4) is 0 Å². The Hall–Kier alpha value is -0.210. The van der Waals surface area contributed by atoms with Crippen molar-refractivity contribution in [3.05, 3.63) is 28.5 Å². The molecule has 0 fully saturated rings. The molecule has 10 heavy (non-hydrogen) atoms. The van der Waals surface area contributed by atoms with E-state index in [1.54, 1.807) is 0 Å². The Morgan fingerprint density at radius 2 is 2.40 bits per heavy atom. The van der Waals surface area contributed by atoms with E-state index in [1.807, 2.05) is 13.1 Å². The second-order valence-electron chi connectivity index (χ2n) is 2.04. The van der Waals surface area contributed by atoms with Gasteiger partial charge in [0.25, 0.3) is 0 Å². The van der Waals surface area contributed by atoms with Crippen LogP contribution in [0, 0.1) is 6.92 Å². The van der Waals surface area contributed by atoms with Crippen LogP contribution in [0.1, 0.15) is 11.3 Å². The van der Waals surface area contributed by atoms with E-state index in [9.17, 15) is 0 Å². The monoisotopic (exact) mass is 219 g/mol. The minimum Gasteiger partial charge on any atom is -0.364 e. The summed E-state index contributed by atoms with van der Waals surface area (Å²) in [5.41, 5.74) is 1.99. The zero-order valence-corrected chi connectivity index (χ0v) is 7.88. The Morgan fingerprint density at radius 3 is 2.60 bits per heavy atom. The lowest BCUT2D eigenvalue weighted by Crippen LogP contribution is -1.76. The molecule has 0 bridgehead atoms. The Labute approximate surface area is 73.2 Å². The van der Waals surface area contributed by atoms with Crippen LogP contribution in [-0.4, -0.2) is 4.98 Å². The van der Waals surface area contributed by atoms with Gasteiger partial charge in [-0.15, -0.1) is 0 Å². The fraction of sp³-hybridized carbons (Fsp3) is 0.143. The fourth-order valence-electron chi connectivity index (χ4n) is 0.828. The molecular formula is C7H7BrClN. The number of hydrogen-bond donors (Lipinski definition) is 1. The lowest BCUT2D eigenvalue weighted by Gasteiger charge is -1.94. The first-order chi connectivity index (χ1) is 4.63. The zero-order valence-electron chi connectivity index (χ0n) is 5.54. The van der Waals surface area contributed by atoms with E-state index in [1.165, 1.54) is 0 Å². The minimum atomic E-state index is 0.561. The van der Waals surface area contributed by atoms with Gasteiger partial charge in [0.1, 0.15) is 0 Å². The van der Waals surface area contributed by atoms with Crippen LogP contribution in [0.25, 0.3) is 5.03 Å². The first kappa shape index (κ1) is 7.89. The molecule has 0 saturated carbocycles. The molecule has 1 N–H and O–H groups in total. The molecule has 0 atom stereocenters. The summed E-state index contributed by atoms with van der Waals surface area (Å²) in [6, 6.07) is 0. The highest BCUT2D eigenvalue weighted by atomic mass is 79.9. The molecule has 1 rings (SSSR count). The Bertz CT molecular complexity index is 245. The van der Waals surface area contributed by atoms with Gasteiger partial charge in [-0.2, -0.15) is 0 Å². The largest absolute Gasteiger partial charge is 0.364 e. The number of aromatic nitrogens is 1. The summed E-state index contributed by atoms with van der Waals surface area (Å²) in [5.74, 6) is 0. The SMILES string of the molecule is C=C(Cl)c1c(Br)c[nH]c1C. The summed E-state index contributed by atoms with van der Waals surface area (Å²) < 4.78 is 0.963. The molecule has 0 spiro atoms. The molecular weight excluding hydrogens is 213 g/mol. The number of H-pyrrole nitrogens is 1. The average Bonchev–Trinajstić information content (AvgIpc) is 2.11. The molecule has 0 unspecified atom stereocenters. The van der Waals surface area contributed by atoms with E-state index in [4.69, 9.17) is 11.6 Å². The molecule has 1 heterocycles. The summed E-state index contributed by atoms with van der Waals surface area (Å²) in [4.78, 5) is 3.03. The molecule has 1 aromatic heterocycles. The van der Waals surface area contributed by atoms with Crippen LogP contribution < -0.4 is 0 Å². The van der Waals surface area contributed by atoms with Crippen LogP contribution in [0.3, 0.4) is 0 Å². The molecule has 0 aliphatic heterocycles. The highest BCUT2D eigenvalue weighted by Crippen LogP contribution is 2.28. The minimum absolute atomic E-state index is 0.561. The van der Waals surface area contributed by atoms with Gasteiger partial charge in [-0.3, -0.25) is 0 Å². The van der Waals surface area contributed by atoms with Crippen LogP contribution >= 0.6 is 27.5 Å². The van der Waals surface area contributed by atoms with E-state index < -0.39 is 0 Å². The molecule has 1 nitrogen and oxygen atoms in total. The first-order valence-electron chi connectivity index (χ1n) is 2.81. The van der Waals surface area contributed by atoms with Gasteiger partial charge in [0.2, 0.25) is 0 Å². The van der Waals surface area contributed by atoms with E-state index >= 15 is 0 Å². The maximum absolute atomic E-state index is 5.71. The molecule has 3 heteroatoms. The molecule has 0 aromatic carbocycles. The van der Waals surface area contributed by atoms with Crippen molar-refractivity contribution in [3.63, 3.8) is 0 Å². The van der Waals surface area contributed by atoms with Crippen LogP contribution in [0.15, 0.2) is 17.2 Å². The smallest absolute Gasteiger partial charge is 0.0439 e. The van der Waals surface area contributed by atoms with Gasteiger partial charge in [0.05, 0.1) is 0 Å². The fourth-order valence-corrected chi connectivity index (χ4v) is 1.84. The van der Waals surface area contributed by atoms with Crippen molar-refractivity contribution >= 4 is 32.6 Å². The predicted octanol–water partition coefficient (Wildman–Crippen LogP) is 3.30. The van der Waals surface area contributed by atoms with Gasteiger partial charge in [-0.1, -0.05) is 18.2 Å². The molecule has 54 valence electrons. The van der Waals surface area contributed by atoms with Crippen molar-refractivity contribution in [1.82, 2.24) is 4.98 Å². The Balaban J connectivity index is 3.23. The number of halogens is 2. The van der Waals surface area contributed by atoms with Gasteiger partial charge in [0.15, 0.2) is 0 Å². The van der Waals surface area contributed by atoms with Crippen molar-refractivity contribution in [2.24, 2.45) is 0 Å². The summed E-state index contributed by atoms with van der Waals surface area (Å²) in [7, 11) is 0. The van der Waals surface area contributed by atoms with Gasteiger partial charge in [-0.05, 0) is 22.9 Å². The average molecular weight is 220 g/mol. The first-order valence-corrected chi connectivity index (χ1v) is 3.98. The highest BCUT2D eigenvalue weighted by Gasteiger charge is 2.06. The second kappa shape index (κ2) is 2.81. The summed E-state index contributed by atoms with van der Waals surface area (Å²) in [6.07, 6.45) is 1.85. The number of hydrogen-bond acceptors (Lipinski definition) is 0. The van der Waals surface area contributed by atoms with Crippen molar-refractivity contribution in [1.29, 1.82) is 0 Å². The number of aromatic amines is 1. The van der Waals surface area contributed by atoms with Crippen LogP contribution in [0.5, 0.6) is 0 Å². The third-order valence-corrected chi connectivity index (χ3v) is 2.11. The topological polar surface area (TPSA) is 15.8 Å². The molecule has 0 saturated heterocycles. The number of aryl methyl sites for hydroxylation is 1. The van der Waals surface area contributed by atoms with Gasteiger partial charge >= 0.3 is 0 Å². The maximum Gasteiger partial charge on any atom is 0.0439 e. The van der Waals surface area contributed by atoms with Crippen molar-refractivity contribution in [2.75, 3.05) is 0 Å². The molecule has 0 aliphatic carbocycles. The van der Waals surface area contributed by atoms with E-state index in [2.05, 4.69) is 27.5 Å². The summed E-state index contributed by atoms with van der Waals surface area (Å²) >= 11 is 9.05. The zero-order chi connectivity index (χ0) is 7.72. The normalized spacial score (nSPS) is 9.90. The van der Waals surface area contributed by atoms with Gasteiger partial charge < -0.3 is 4.98 Å². The van der Waals surface area contributed by atoms with Crippen LogP contribution in [0.4, 0.5) is 0 Å². The molecule has 0 amide bonds. The van der Waals surface area contributed by atoms with E-state index in [-0.39, 0.29) is 0 Å². The predicted molar refractivity (Wildman–Crippen MR) is 48.1 cm³/mol. The van der Waals surface area contributed by atoms with Gasteiger partial charge in [0, 0.05) is 27.0 Å². The standard InChI is InChI=1S/C7H7BrClN/c1-4(9)7-5(2)10-3-6(7)8/h3,10H,1H2,2H3. The van der Waals surface area contributed by atoms with E-state index in [0.717, 1.165) is 15.7 Å². The van der Waals surface area contributed by atoms with Crippen LogP contribution in [-0.2, 0) is 0 Å². The maximum atomic E-state index is 5.71. The lowest BCUT2D eigenvalue weighted by atomic mass is 10.2. The third-order valence-electron chi connectivity index (χ3n) is 1.30. The second-order valence-corrected chi connectivity index (χ2v) is 3.35. The van der Waals surface area contributed by atoms with Crippen molar-refractivity contribution in [2.45, 2.75) is 6.92 Å². The lowest BCUT2D eigenvalue weighted by molar-refractivity contribution is 1.26. The third kappa shape index (κ3) is 1.27. The summed E-state index contributed by atoms with van der Waals surface area (Å²) in [6.45, 7) is 5.59. The quantitative estimate of drug-likeness (QED) is 0.747. The Kier molecular flexibility index (Phi) is 2.21. The van der Waals surface area contributed by atoms with Gasteiger partial charge in [-0.25, -0.2) is 0 Å². The molecule has 0 radical (unpaired) electrons. The molecule has 0 aliphatic rings. The summed E-state index contributed by atoms with van der Waals surface area (Å²) in [5, 5.41) is 0.561. The Morgan fingerprint density at radius 1 is 1.80 bits per heavy atom. The van der Waals surface area contributed by atoms with Crippen LogP contribution in [0.2, 0.25) is 0 Å². The molecule has 1 aromatic rings. The number of rotatable bonds is 1. The van der Waals surface area contributed by atoms with E-state index in [0.29, 0.717) is 5.03 Å². The highest BCUT2D eigenvalue weighted by molar-refractivity contribution is 9.10. The van der Waals surface area contributed by atoms with Crippen molar-refractivity contribution < 1.29 is 0 Å². The number of nitrogens with one attached hydrogen (secondary N) is 1.